The van der Waals surface area contributed by atoms with Crippen LogP contribution in [0.2, 0.25) is 5.02 Å². The molecule has 0 spiro atoms. The Labute approximate surface area is 147 Å². The number of hydrogen-bond donors (Lipinski definition) is 1. The molecule has 2 aromatic carbocycles. The molecule has 0 atom stereocenters. The number of aromatic nitrogens is 5. The molecule has 0 aliphatic heterocycles. The van der Waals surface area contributed by atoms with Crippen LogP contribution in [0.25, 0.3) is 39.2 Å². The summed E-state index contributed by atoms with van der Waals surface area (Å²) in [6, 6.07) is 19.7. The summed E-state index contributed by atoms with van der Waals surface area (Å²) in [5.41, 5.74) is 4.48. The van der Waals surface area contributed by atoms with Crippen LogP contribution >= 0.6 is 11.6 Å². The van der Waals surface area contributed by atoms with Crippen molar-refractivity contribution in [1.82, 2.24) is 24.8 Å². The fourth-order valence-electron chi connectivity index (χ4n) is 2.97. The highest BCUT2D eigenvalue weighted by Crippen LogP contribution is 2.27. The average molecular weight is 346 g/mol. The van der Waals surface area contributed by atoms with Crippen LogP contribution in [0.3, 0.4) is 0 Å². The first-order valence-corrected chi connectivity index (χ1v) is 8.22. The molecule has 5 aromatic rings. The molecule has 0 amide bonds. The third-order valence-corrected chi connectivity index (χ3v) is 4.56. The highest BCUT2D eigenvalue weighted by atomic mass is 35.5. The maximum Gasteiger partial charge on any atom is 0.186 e. The Kier molecular flexibility index (Phi) is 3.08. The Morgan fingerprint density at radius 3 is 2.76 bits per heavy atom. The topological polar surface area (TPSA) is 58.9 Å². The van der Waals surface area contributed by atoms with Gasteiger partial charge in [0.05, 0.1) is 10.7 Å². The lowest BCUT2D eigenvalue weighted by molar-refractivity contribution is 0.942. The third-order valence-electron chi connectivity index (χ3n) is 4.23. The van der Waals surface area contributed by atoms with Crippen LogP contribution in [0.15, 0.2) is 66.9 Å². The van der Waals surface area contributed by atoms with Crippen molar-refractivity contribution < 1.29 is 0 Å². The minimum Gasteiger partial charge on any atom is -0.361 e. The molecule has 0 aliphatic carbocycles. The summed E-state index contributed by atoms with van der Waals surface area (Å²) >= 11 is 6.31. The van der Waals surface area contributed by atoms with Crippen LogP contribution in [0, 0.1) is 0 Å². The van der Waals surface area contributed by atoms with Gasteiger partial charge in [-0.15, -0.1) is 10.2 Å². The summed E-state index contributed by atoms with van der Waals surface area (Å²) < 4.78 is 1.73. The Bertz CT molecular complexity index is 1220. The Hall–Kier alpha value is -3.18. The van der Waals surface area contributed by atoms with Gasteiger partial charge in [-0.05, 0) is 42.5 Å². The maximum absolute atomic E-state index is 6.31. The zero-order chi connectivity index (χ0) is 16.8. The predicted molar refractivity (Wildman–Crippen MR) is 98.5 cm³/mol. The molecule has 5 rings (SSSR count). The molecule has 3 heterocycles. The normalized spacial score (nSPS) is 11.4. The van der Waals surface area contributed by atoms with Crippen LogP contribution < -0.4 is 0 Å². The van der Waals surface area contributed by atoms with Crippen molar-refractivity contribution in [2.24, 2.45) is 0 Å². The van der Waals surface area contributed by atoms with Gasteiger partial charge in [0, 0.05) is 28.2 Å². The van der Waals surface area contributed by atoms with E-state index in [1.807, 2.05) is 54.7 Å². The molecular formula is C19H12ClN5. The smallest absolute Gasteiger partial charge is 0.186 e. The Morgan fingerprint density at radius 2 is 1.84 bits per heavy atom. The Morgan fingerprint density at radius 1 is 0.920 bits per heavy atom. The summed E-state index contributed by atoms with van der Waals surface area (Å²) in [5.74, 6) is 0.630. The first-order chi connectivity index (χ1) is 12.3. The molecule has 25 heavy (non-hydrogen) atoms. The lowest BCUT2D eigenvalue weighted by atomic mass is 10.1. The van der Waals surface area contributed by atoms with Crippen molar-refractivity contribution in [2.45, 2.75) is 0 Å². The van der Waals surface area contributed by atoms with E-state index in [4.69, 9.17) is 16.7 Å². The van der Waals surface area contributed by atoms with E-state index in [2.05, 4.69) is 27.3 Å². The number of fused-ring (bicyclic) bond motifs is 2. The van der Waals surface area contributed by atoms with Crippen molar-refractivity contribution in [1.29, 1.82) is 0 Å². The minimum atomic E-state index is 0.623. The van der Waals surface area contributed by atoms with E-state index in [1.54, 1.807) is 4.52 Å². The Balaban J connectivity index is 1.70. The van der Waals surface area contributed by atoms with Gasteiger partial charge in [-0.1, -0.05) is 29.8 Å². The quantitative estimate of drug-likeness (QED) is 0.509. The van der Waals surface area contributed by atoms with Gasteiger partial charge in [-0.25, -0.2) is 0 Å². The number of halogens is 1. The van der Waals surface area contributed by atoms with Crippen molar-refractivity contribution >= 4 is 28.2 Å². The zero-order valence-electron chi connectivity index (χ0n) is 13.0. The first kappa shape index (κ1) is 14.2. The van der Waals surface area contributed by atoms with Gasteiger partial charge in [0.2, 0.25) is 0 Å². The molecular weight excluding hydrogens is 334 g/mol. The summed E-state index contributed by atoms with van der Waals surface area (Å²) in [6.45, 7) is 0. The second-order valence-corrected chi connectivity index (χ2v) is 6.18. The molecule has 120 valence electrons. The van der Waals surface area contributed by atoms with Crippen molar-refractivity contribution in [3.8, 4) is 22.6 Å². The molecule has 0 saturated heterocycles. The van der Waals surface area contributed by atoms with Crippen LogP contribution in [-0.2, 0) is 0 Å². The molecule has 0 unspecified atom stereocenters. The van der Waals surface area contributed by atoms with Crippen molar-refractivity contribution in [2.75, 3.05) is 0 Å². The predicted octanol–water partition coefficient (Wildman–Crippen LogP) is 4.59. The average Bonchev–Trinajstić information content (AvgIpc) is 3.27. The number of nitrogens with one attached hydrogen (secondary N) is 1. The van der Waals surface area contributed by atoms with E-state index in [-0.39, 0.29) is 0 Å². The number of hydrogen-bond acceptors (Lipinski definition) is 3. The lowest BCUT2D eigenvalue weighted by Crippen LogP contribution is -1.97. The molecule has 0 fully saturated rings. The SMILES string of the molecule is Clc1ccccc1-c1nnc2ccc(-c3ccc4[nH]ccc4c3)nn12. The zero-order valence-corrected chi connectivity index (χ0v) is 13.8. The van der Waals surface area contributed by atoms with Gasteiger partial charge in [0.1, 0.15) is 0 Å². The number of benzene rings is 2. The van der Waals surface area contributed by atoms with E-state index in [1.165, 1.54) is 0 Å². The van der Waals surface area contributed by atoms with E-state index >= 15 is 0 Å². The van der Waals surface area contributed by atoms with Gasteiger partial charge < -0.3 is 4.98 Å². The molecule has 6 heteroatoms. The number of aromatic amines is 1. The van der Waals surface area contributed by atoms with Crippen LogP contribution in [0.1, 0.15) is 0 Å². The maximum atomic E-state index is 6.31. The second kappa shape index (κ2) is 5.43. The molecule has 1 N–H and O–H groups in total. The number of nitrogens with zero attached hydrogens (tertiary/aromatic N) is 4. The van der Waals surface area contributed by atoms with E-state index in [0.29, 0.717) is 16.5 Å². The summed E-state index contributed by atoms with van der Waals surface area (Å²) in [4.78, 5) is 3.20. The third kappa shape index (κ3) is 2.28. The van der Waals surface area contributed by atoms with Crippen molar-refractivity contribution in [3.05, 3.63) is 71.9 Å². The second-order valence-electron chi connectivity index (χ2n) is 5.77. The number of H-pyrrole nitrogens is 1. The summed E-state index contributed by atoms with van der Waals surface area (Å²) in [5, 5.41) is 15.0. The first-order valence-electron chi connectivity index (χ1n) is 7.84. The molecule has 0 saturated carbocycles. The van der Waals surface area contributed by atoms with Gasteiger partial charge >= 0.3 is 0 Å². The minimum absolute atomic E-state index is 0.623. The van der Waals surface area contributed by atoms with E-state index in [9.17, 15) is 0 Å². The van der Waals surface area contributed by atoms with Gasteiger partial charge in [0.15, 0.2) is 11.5 Å². The monoisotopic (exact) mass is 345 g/mol. The molecule has 0 bridgehead atoms. The highest BCUT2D eigenvalue weighted by Gasteiger charge is 2.13. The standard InChI is InChI=1S/C19H12ClN5/c20-15-4-2-1-3-14(15)19-23-22-18-8-7-17(24-25(18)19)12-5-6-16-13(11-12)9-10-21-16/h1-11,21H. The van der Waals surface area contributed by atoms with Gasteiger partial charge in [-0.2, -0.15) is 9.61 Å². The number of rotatable bonds is 2. The molecule has 3 aromatic heterocycles. The van der Waals surface area contributed by atoms with Crippen molar-refractivity contribution in [3.63, 3.8) is 0 Å². The fraction of sp³-hybridized carbons (Fsp3) is 0. The molecule has 0 aliphatic rings. The molecule has 0 radical (unpaired) electrons. The highest BCUT2D eigenvalue weighted by molar-refractivity contribution is 6.33. The van der Waals surface area contributed by atoms with Crippen LogP contribution in [0.4, 0.5) is 0 Å². The van der Waals surface area contributed by atoms with E-state index < -0.39 is 0 Å². The summed E-state index contributed by atoms with van der Waals surface area (Å²) in [7, 11) is 0. The van der Waals surface area contributed by atoms with E-state index in [0.717, 1.165) is 27.7 Å². The van der Waals surface area contributed by atoms with Gasteiger partial charge in [0.25, 0.3) is 0 Å². The van der Waals surface area contributed by atoms with Gasteiger partial charge in [-0.3, -0.25) is 0 Å². The van der Waals surface area contributed by atoms with Crippen LogP contribution in [0.5, 0.6) is 0 Å². The lowest BCUT2D eigenvalue weighted by Gasteiger charge is -2.05. The summed E-state index contributed by atoms with van der Waals surface area (Å²) in [6.07, 6.45) is 1.93. The van der Waals surface area contributed by atoms with Crippen LogP contribution in [-0.4, -0.2) is 24.8 Å². The largest absolute Gasteiger partial charge is 0.361 e. The molecule has 5 nitrogen and oxygen atoms in total. The fourth-order valence-corrected chi connectivity index (χ4v) is 3.19.